The first-order chi connectivity index (χ1) is 11.9. The van der Waals surface area contributed by atoms with Crippen LogP contribution in [0.1, 0.15) is 28.4 Å². The molecule has 25 heavy (non-hydrogen) atoms. The number of halogens is 1. The first kappa shape index (κ1) is 19.5. The molecule has 2 aromatic rings. The molecule has 0 spiro atoms. The van der Waals surface area contributed by atoms with E-state index in [1.165, 1.54) is 5.56 Å². The van der Waals surface area contributed by atoms with Crippen LogP contribution in [0.3, 0.4) is 0 Å². The summed E-state index contributed by atoms with van der Waals surface area (Å²) in [6, 6.07) is 11.8. The number of ketones is 1. The van der Waals surface area contributed by atoms with Gasteiger partial charge in [-0.25, -0.2) is 4.99 Å². The molecule has 0 atom stereocenters. The van der Waals surface area contributed by atoms with Crippen molar-refractivity contribution >= 4 is 41.2 Å². The summed E-state index contributed by atoms with van der Waals surface area (Å²) in [5.41, 5.74) is 3.43. The van der Waals surface area contributed by atoms with Crippen molar-refractivity contribution < 1.29 is 4.79 Å². The number of Topliss-reactive ketones (excluding diaryl/α,β-unsaturated/α-hetero) is 1. The Morgan fingerprint density at radius 1 is 1.28 bits per heavy atom. The summed E-state index contributed by atoms with van der Waals surface area (Å²) in [6.45, 7) is 6.88. The summed E-state index contributed by atoms with van der Waals surface area (Å²) in [5.74, 6) is 0.467. The van der Waals surface area contributed by atoms with E-state index in [9.17, 15) is 4.79 Å². The molecule has 5 heteroatoms. The SMILES string of the molecule is CCN(C)C=Nc1cc(C)c(C(=O)CSc2cccc(C)c2)cc1Cl. The van der Waals surface area contributed by atoms with Gasteiger partial charge >= 0.3 is 0 Å². The van der Waals surface area contributed by atoms with Gasteiger partial charge < -0.3 is 4.90 Å². The van der Waals surface area contributed by atoms with Gasteiger partial charge in [-0.3, -0.25) is 4.79 Å². The van der Waals surface area contributed by atoms with Gasteiger partial charge in [0.15, 0.2) is 5.78 Å². The zero-order valence-corrected chi connectivity index (χ0v) is 16.6. The van der Waals surface area contributed by atoms with Crippen LogP contribution in [-0.2, 0) is 0 Å². The smallest absolute Gasteiger partial charge is 0.173 e. The number of aliphatic imine (C=N–C) groups is 1. The van der Waals surface area contributed by atoms with Crippen LogP contribution in [0.5, 0.6) is 0 Å². The van der Waals surface area contributed by atoms with E-state index in [-0.39, 0.29) is 5.78 Å². The lowest BCUT2D eigenvalue weighted by atomic mass is 10.0. The Balaban J connectivity index is 2.12. The van der Waals surface area contributed by atoms with E-state index in [0.29, 0.717) is 22.0 Å². The number of carbonyl (C=O) groups excluding carboxylic acids is 1. The number of thioether (sulfide) groups is 1. The van der Waals surface area contributed by atoms with Crippen LogP contribution in [0, 0.1) is 13.8 Å². The van der Waals surface area contributed by atoms with Crippen LogP contribution in [0.25, 0.3) is 0 Å². The molecule has 0 aromatic heterocycles. The number of nitrogens with zero attached hydrogens (tertiary/aromatic N) is 2. The second-order valence-corrected chi connectivity index (χ2v) is 7.42. The van der Waals surface area contributed by atoms with Crippen LogP contribution < -0.4 is 0 Å². The molecule has 0 N–H and O–H groups in total. The lowest BCUT2D eigenvalue weighted by Crippen LogP contribution is -2.14. The molecular weight excluding hydrogens is 352 g/mol. The number of aryl methyl sites for hydroxylation is 2. The molecule has 0 unspecified atom stereocenters. The van der Waals surface area contributed by atoms with Crippen molar-refractivity contribution in [3.63, 3.8) is 0 Å². The Hall–Kier alpha value is -1.78. The number of hydrogen-bond donors (Lipinski definition) is 0. The summed E-state index contributed by atoms with van der Waals surface area (Å²) >= 11 is 7.86. The maximum atomic E-state index is 12.6. The molecule has 0 saturated carbocycles. The first-order valence-corrected chi connectivity index (χ1v) is 9.54. The molecule has 0 amide bonds. The van der Waals surface area contributed by atoms with Crippen LogP contribution in [0.2, 0.25) is 5.02 Å². The molecule has 2 aromatic carbocycles. The molecule has 2 rings (SSSR count). The van der Waals surface area contributed by atoms with Gasteiger partial charge in [-0.15, -0.1) is 11.8 Å². The molecule has 0 aliphatic rings. The standard InChI is InChI=1S/C20H23ClN2OS/c1-5-23(4)13-22-19-10-15(3)17(11-18(19)21)20(24)12-25-16-8-6-7-14(2)9-16/h6-11,13H,5,12H2,1-4H3. The van der Waals surface area contributed by atoms with Crippen molar-refractivity contribution in [3.05, 3.63) is 58.1 Å². The average molecular weight is 375 g/mol. The fourth-order valence-electron chi connectivity index (χ4n) is 2.24. The highest BCUT2D eigenvalue weighted by atomic mass is 35.5. The molecule has 0 aliphatic carbocycles. The third kappa shape index (κ3) is 5.62. The summed E-state index contributed by atoms with van der Waals surface area (Å²) in [6.07, 6.45) is 1.75. The zero-order valence-electron chi connectivity index (χ0n) is 15.0. The Bertz CT molecular complexity index is 789. The summed E-state index contributed by atoms with van der Waals surface area (Å²) in [4.78, 5) is 20.0. The number of carbonyl (C=O) groups is 1. The highest BCUT2D eigenvalue weighted by Crippen LogP contribution is 2.29. The third-order valence-electron chi connectivity index (χ3n) is 3.85. The van der Waals surface area contributed by atoms with Gasteiger partial charge in [-0.1, -0.05) is 29.3 Å². The minimum atomic E-state index is 0.0760. The molecule has 0 saturated heterocycles. The maximum absolute atomic E-state index is 12.6. The fraction of sp³-hybridized carbons (Fsp3) is 0.300. The lowest BCUT2D eigenvalue weighted by Gasteiger charge is -2.10. The summed E-state index contributed by atoms with van der Waals surface area (Å²) in [5, 5.41) is 0.496. The Kier molecular flexibility index (Phi) is 7.09. The van der Waals surface area contributed by atoms with E-state index in [1.807, 2.05) is 57.0 Å². The van der Waals surface area contributed by atoms with E-state index in [4.69, 9.17) is 11.6 Å². The quantitative estimate of drug-likeness (QED) is 0.276. The van der Waals surface area contributed by atoms with E-state index in [1.54, 1.807) is 24.2 Å². The van der Waals surface area contributed by atoms with Gasteiger partial charge in [-0.2, -0.15) is 0 Å². The molecule has 0 radical (unpaired) electrons. The van der Waals surface area contributed by atoms with E-state index >= 15 is 0 Å². The minimum absolute atomic E-state index is 0.0760. The number of benzene rings is 2. The second kappa shape index (κ2) is 9.07. The Morgan fingerprint density at radius 2 is 2.04 bits per heavy atom. The van der Waals surface area contributed by atoms with Crippen LogP contribution in [0.15, 0.2) is 46.3 Å². The van der Waals surface area contributed by atoms with E-state index in [2.05, 4.69) is 11.1 Å². The van der Waals surface area contributed by atoms with Gasteiger partial charge in [0.05, 0.1) is 22.8 Å². The van der Waals surface area contributed by atoms with Gasteiger partial charge in [0.2, 0.25) is 0 Å². The molecule has 0 bridgehead atoms. The Labute approximate surface area is 159 Å². The van der Waals surface area contributed by atoms with Gasteiger partial charge in [0, 0.05) is 24.1 Å². The molecular formula is C20H23ClN2OS. The van der Waals surface area contributed by atoms with Crippen molar-refractivity contribution in [1.29, 1.82) is 0 Å². The molecule has 0 aliphatic heterocycles. The van der Waals surface area contributed by atoms with Crippen molar-refractivity contribution in [1.82, 2.24) is 4.90 Å². The van der Waals surface area contributed by atoms with E-state index in [0.717, 1.165) is 17.0 Å². The van der Waals surface area contributed by atoms with Gasteiger partial charge in [0.1, 0.15) is 0 Å². The average Bonchev–Trinajstić information content (AvgIpc) is 2.59. The summed E-state index contributed by atoms with van der Waals surface area (Å²) in [7, 11) is 1.95. The third-order valence-corrected chi connectivity index (χ3v) is 5.14. The normalized spacial score (nSPS) is 11.1. The summed E-state index contributed by atoms with van der Waals surface area (Å²) < 4.78 is 0. The topological polar surface area (TPSA) is 32.7 Å². The predicted octanol–water partition coefficient (Wildman–Crippen LogP) is 5.54. The van der Waals surface area contributed by atoms with Crippen molar-refractivity contribution in [2.45, 2.75) is 25.7 Å². The van der Waals surface area contributed by atoms with Crippen LogP contribution >= 0.6 is 23.4 Å². The predicted molar refractivity (Wildman–Crippen MR) is 109 cm³/mol. The minimum Gasteiger partial charge on any atom is -0.366 e. The molecule has 0 heterocycles. The lowest BCUT2D eigenvalue weighted by molar-refractivity contribution is 0.102. The number of rotatable bonds is 7. The Morgan fingerprint density at radius 3 is 2.72 bits per heavy atom. The highest BCUT2D eigenvalue weighted by molar-refractivity contribution is 8.00. The monoisotopic (exact) mass is 374 g/mol. The van der Waals surface area contributed by atoms with E-state index < -0.39 is 0 Å². The van der Waals surface area contributed by atoms with Crippen molar-refractivity contribution in [2.24, 2.45) is 4.99 Å². The van der Waals surface area contributed by atoms with Crippen LogP contribution in [0.4, 0.5) is 5.69 Å². The number of hydrogen-bond acceptors (Lipinski definition) is 3. The fourth-order valence-corrected chi connectivity index (χ4v) is 3.35. The second-order valence-electron chi connectivity index (χ2n) is 5.96. The van der Waals surface area contributed by atoms with Gasteiger partial charge in [0.25, 0.3) is 0 Å². The largest absolute Gasteiger partial charge is 0.366 e. The molecule has 3 nitrogen and oxygen atoms in total. The maximum Gasteiger partial charge on any atom is 0.173 e. The zero-order chi connectivity index (χ0) is 18.4. The van der Waals surface area contributed by atoms with Crippen molar-refractivity contribution in [2.75, 3.05) is 19.3 Å². The van der Waals surface area contributed by atoms with Gasteiger partial charge in [-0.05, 0) is 50.6 Å². The van der Waals surface area contributed by atoms with Crippen molar-refractivity contribution in [3.8, 4) is 0 Å². The molecule has 0 fully saturated rings. The highest BCUT2D eigenvalue weighted by Gasteiger charge is 2.13. The molecule has 132 valence electrons. The van der Waals surface area contributed by atoms with Crippen LogP contribution in [-0.4, -0.2) is 36.4 Å². The first-order valence-electron chi connectivity index (χ1n) is 8.18.